The van der Waals surface area contributed by atoms with E-state index < -0.39 is 0 Å². The highest BCUT2D eigenvalue weighted by Crippen LogP contribution is 2.30. The minimum absolute atomic E-state index is 0.00106. The number of amides is 1. The zero-order valence-corrected chi connectivity index (χ0v) is 12.2. The van der Waals surface area contributed by atoms with Gasteiger partial charge in [0.2, 0.25) is 5.91 Å². The van der Waals surface area contributed by atoms with Gasteiger partial charge in [-0.25, -0.2) is 0 Å². The van der Waals surface area contributed by atoms with Gasteiger partial charge in [-0.1, -0.05) is 19.0 Å². The zero-order chi connectivity index (χ0) is 14.0. The molecule has 0 spiro atoms. The zero-order valence-electron chi connectivity index (χ0n) is 12.2. The molecule has 1 aliphatic heterocycles. The van der Waals surface area contributed by atoms with Crippen LogP contribution in [0.4, 0.5) is 0 Å². The number of carbonyl (C=O) groups excluding carboxylic acids is 1. The lowest BCUT2D eigenvalue weighted by Crippen LogP contribution is -2.55. The summed E-state index contributed by atoms with van der Waals surface area (Å²) in [6, 6.07) is -0.123. The predicted octanol–water partition coefficient (Wildman–Crippen LogP) is 1.69. The highest BCUT2D eigenvalue weighted by Gasteiger charge is 2.36. The Labute approximate surface area is 114 Å². The van der Waals surface area contributed by atoms with E-state index in [1.54, 1.807) is 0 Å². The first-order valence-corrected chi connectivity index (χ1v) is 6.84. The average molecular weight is 265 g/mol. The summed E-state index contributed by atoms with van der Waals surface area (Å²) in [6.45, 7) is 9.42. The number of aromatic nitrogens is 1. The predicted molar refractivity (Wildman–Crippen MR) is 72.6 cm³/mol. The van der Waals surface area contributed by atoms with Gasteiger partial charge in [0.25, 0.3) is 0 Å². The Morgan fingerprint density at radius 2 is 2.26 bits per heavy atom. The molecule has 1 saturated heterocycles. The SMILES string of the molecule is Cc1noc(C)c1CNC(=O)C1NCCCC1(C)C. The normalized spacial score (nSPS) is 22.2. The molecule has 0 aliphatic carbocycles. The van der Waals surface area contributed by atoms with Crippen LogP contribution in [-0.2, 0) is 11.3 Å². The van der Waals surface area contributed by atoms with Crippen molar-refractivity contribution in [3.8, 4) is 0 Å². The van der Waals surface area contributed by atoms with Gasteiger partial charge in [0, 0.05) is 12.1 Å². The first-order chi connectivity index (χ1) is 8.92. The average Bonchev–Trinajstić information content (AvgIpc) is 2.66. The summed E-state index contributed by atoms with van der Waals surface area (Å²) >= 11 is 0. The van der Waals surface area contributed by atoms with Gasteiger partial charge in [-0.3, -0.25) is 4.79 Å². The molecule has 2 heterocycles. The fourth-order valence-electron chi connectivity index (χ4n) is 2.69. The third-order valence-electron chi connectivity index (χ3n) is 4.01. The van der Waals surface area contributed by atoms with Crippen molar-refractivity contribution >= 4 is 5.91 Å². The van der Waals surface area contributed by atoms with Gasteiger partial charge in [-0.15, -0.1) is 0 Å². The van der Waals surface area contributed by atoms with Crippen molar-refractivity contribution in [2.24, 2.45) is 5.41 Å². The Kier molecular flexibility index (Phi) is 3.94. The fourth-order valence-corrected chi connectivity index (χ4v) is 2.69. The molecule has 1 aromatic rings. The molecule has 0 bridgehead atoms. The number of nitrogens with zero attached hydrogens (tertiary/aromatic N) is 1. The van der Waals surface area contributed by atoms with Crippen LogP contribution in [0, 0.1) is 19.3 Å². The second kappa shape index (κ2) is 5.33. The summed E-state index contributed by atoms with van der Waals surface area (Å²) in [5.41, 5.74) is 1.82. The lowest BCUT2D eigenvalue weighted by molar-refractivity contribution is -0.126. The number of hydrogen-bond acceptors (Lipinski definition) is 4. The fraction of sp³-hybridized carbons (Fsp3) is 0.714. The van der Waals surface area contributed by atoms with Gasteiger partial charge in [0.05, 0.1) is 11.7 Å². The quantitative estimate of drug-likeness (QED) is 0.872. The van der Waals surface area contributed by atoms with Gasteiger partial charge in [0.15, 0.2) is 0 Å². The standard InChI is InChI=1S/C14H23N3O2/c1-9-11(10(2)19-17-9)8-16-13(18)12-14(3,4)6-5-7-15-12/h12,15H,5-8H2,1-4H3,(H,16,18). The van der Waals surface area contributed by atoms with Crippen molar-refractivity contribution in [2.45, 2.75) is 53.1 Å². The first kappa shape index (κ1) is 14.1. The Bertz CT molecular complexity index is 446. The topological polar surface area (TPSA) is 67.2 Å². The molecule has 0 aromatic carbocycles. The number of carbonyl (C=O) groups is 1. The lowest BCUT2D eigenvalue weighted by atomic mass is 9.77. The molecule has 1 fully saturated rings. The molecule has 2 rings (SSSR count). The van der Waals surface area contributed by atoms with E-state index in [4.69, 9.17) is 4.52 Å². The highest BCUT2D eigenvalue weighted by molar-refractivity contribution is 5.82. The van der Waals surface area contributed by atoms with E-state index >= 15 is 0 Å². The molecule has 5 heteroatoms. The van der Waals surface area contributed by atoms with E-state index in [0.29, 0.717) is 6.54 Å². The minimum Gasteiger partial charge on any atom is -0.361 e. The van der Waals surface area contributed by atoms with Gasteiger partial charge >= 0.3 is 0 Å². The van der Waals surface area contributed by atoms with Crippen LogP contribution in [0.3, 0.4) is 0 Å². The molecular weight excluding hydrogens is 242 g/mol. The molecule has 0 radical (unpaired) electrons. The molecule has 1 unspecified atom stereocenters. The largest absolute Gasteiger partial charge is 0.361 e. The molecular formula is C14H23N3O2. The van der Waals surface area contributed by atoms with Crippen molar-refractivity contribution in [1.82, 2.24) is 15.8 Å². The molecule has 1 aromatic heterocycles. The van der Waals surface area contributed by atoms with Gasteiger partial charge in [0.1, 0.15) is 5.76 Å². The van der Waals surface area contributed by atoms with E-state index in [1.807, 2.05) is 13.8 Å². The van der Waals surface area contributed by atoms with Crippen LogP contribution >= 0.6 is 0 Å². The van der Waals surface area contributed by atoms with Crippen molar-refractivity contribution < 1.29 is 9.32 Å². The molecule has 1 atom stereocenters. The summed E-state index contributed by atoms with van der Waals surface area (Å²) in [6.07, 6.45) is 2.20. The maximum atomic E-state index is 12.3. The monoisotopic (exact) mass is 265 g/mol. The van der Waals surface area contributed by atoms with Gasteiger partial charge in [-0.2, -0.15) is 0 Å². The number of nitrogens with one attached hydrogen (secondary N) is 2. The second-order valence-electron chi connectivity index (χ2n) is 6.00. The van der Waals surface area contributed by atoms with Crippen LogP contribution in [-0.4, -0.2) is 23.7 Å². The molecule has 2 N–H and O–H groups in total. The Morgan fingerprint density at radius 1 is 1.53 bits per heavy atom. The summed E-state index contributed by atoms with van der Waals surface area (Å²) in [5, 5.41) is 10.2. The number of hydrogen-bond donors (Lipinski definition) is 2. The van der Waals surface area contributed by atoms with Crippen molar-refractivity contribution in [2.75, 3.05) is 6.54 Å². The van der Waals surface area contributed by atoms with E-state index in [2.05, 4.69) is 29.6 Å². The van der Waals surface area contributed by atoms with Crippen molar-refractivity contribution in [1.29, 1.82) is 0 Å². The number of piperidine rings is 1. The van der Waals surface area contributed by atoms with Crippen LogP contribution in [0.25, 0.3) is 0 Å². The molecule has 1 amide bonds. The maximum absolute atomic E-state index is 12.3. The van der Waals surface area contributed by atoms with Crippen molar-refractivity contribution in [3.05, 3.63) is 17.0 Å². The van der Waals surface area contributed by atoms with Crippen LogP contribution in [0.1, 0.15) is 43.7 Å². The van der Waals surface area contributed by atoms with Crippen LogP contribution in [0.5, 0.6) is 0 Å². The Hall–Kier alpha value is -1.36. The minimum atomic E-state index is -0.123. The van der Waals surface area contributed by atoms with Gasteiger partial charge < -0.3 is 15.2 Å². The van der Waals surface area contributed by atoms with Crippen LogP contribution in [0.15, 0.2) is 4.52 Å². The third-order valence-corrected chi connectivity index (χ3v) is 4.01. The van der Waals surface area contributed by atoms with Crippen LogP contribution in [0.2, 0.25) is 0 Å². The van der Waals surface area contributed by atoms with E-state index in [-0.39, 0.29) is 17.4 Å². The summed E-state index contributed by atoms with van der Waals surface area (Å²) in [7, 11) is 0. The molecule has 1 aliphatic rings. The summed E-state index contributed by atoms with van der Waals surface area (Å²) in [5.74, 6) is 0.832. The second-order valence-corrected chi connectivity index (χ2v) is 6.00. The van der Waals surface area contributed by atoms with Crippen LogP contribution < -0.4 is 10.6 Å². The van der Waals surface area contributed by atoms with E-state index in [0.717, 1.165) is 36.4 Å². The summed E-state index contributed by atoms with van der Waals surface area (Å²) in [4.78, 5) is 12.3. The smallest absolute Gasteiger partial charge is 0.237 e. The molecule has 19 heavy (non-hydrogen) atoms. The first-order valence-electron chi connectivity index (χ1n) is 6.84. The molecule has 0 saturated carbocycles. The Balaban J connectivity index is 1.98. The van der Waals surface area contributed by atoms with E-state index in [9.17, 15) is 4.79 Å². The van der Waals surface area contributed by atoms with E-state index in [1.165, 1.54) is 0 Å². The number of aryl methyl sites for hydroxylation is 2. The van der Waals surface area contributed by atoms with Gasteiger partial charge in [-0.05, 0) is 38.6 Å². The highest BCUT2D eigenvalue weighted by atomic mass is 16.5. The Morgan fingerprint density at radius 3 is 2.84 bits per heavy atom. The lowest BCUT2D eigenvalue weighted by Gasteiger charge is -2.38. The summed E-state index contributed by atoms with van der Waals surface area (Å²) < 4.78 is 5.10. The maximum Gasteiger partial charge on any atom is 0.237 e. The third kappa shape index (κ3) is 2.97. The van der Waals surface area contributed by atoms with Crippen molar-refractivity contribution in [3.63, 3.8) is 0 Å². The molecule has 5 nitrogen and oxygen atoms in total. The number of rotatable bonds is 3. The molecule has 106 valence electrons.